The molecule has 1 rings (SSSR count). The molecule has 0 aliphatic carbocycles. The van der Waals surface area contributed by atoms with Gasteiger partial charge in [-0.05, 0) is 29.5 Å². The average molecular weight is 259 g/mol. The second kappa shape index (κ2) is 6.59. The number of aryl methyl sites for hydroxylation is 1. The molecule has 4 nitrogen and oxygen atoms in total. The van der Waals surface area contributed by atoms with Crippen molar-refractivity contribution in [2.75, 3.05) is 5.88 Å². The van der Waals surface area contributed by atoms with Gasteiger partial charge < -0.3 is 15.3 Å². The van der Waals surface area contributed by atoms with Crippen molar-refractivity contribution >= 4 is 17.6 Å². The van der Waals surface area contributed by atoms with Gasteiger partial charge in [-0.1, -0.05) is 18.2 Å². The summed E-state index contributed by atoms with van der Waals surface area (Å²) in [7, 11) is 0. The molecule has 0 fully saturated rings. The number of halogens is 1. The van der Waals surface area contributed by atoms with Crippen molar-refractivity contribution in [1.82, 2.24) is 0 Å². The van der Waals surface area contributed by atoms with Gasteiger partial charge >= 0.3 is 5.97 Å². The van der Waals surface area contributed by atoms with E-state index in [9.17, 15) is 9.90 Å². The molecule has 0 aliphatic rings. The highest BCUT2D eigenvalue weighted by molar-refractivity contribution is 6.17. The summed E-state index contributed by atoms with van der Waals surface area (Å²) in [6.07, 6.45) is -0.0213. The highest BCUT2D eigenvalue weighted by Gasteiger charge is 2.19. The van der Waals surface area contributed by atoms with Crippen LogP contribution in [-0.4, -0.2) is 27.2 Å². The number of aliphatic hydroxyl groups excluding tert-OH is 2. The molecule has 0 heterocycles. The van der Waals surface area contributed by atoms with Gasteiger partial charge in [0.05, 0.1) is 6.61 Å². The number of aliphatic carboxylic acids is 1. The van der Waals surface area contributed by atoms with Gasteiger partial charge in [-0.25, -0.2) is 4.79 Å². The zero-order valence-corrected chi connectivity index (χ0v) is 10.0. The van der Waals surface area contributed by atoms with E-state index in [1.165, 1.54) is 6.07 Å². The third kappa shape index (κ3) is 3.70. The third-order valence-electron chi connectivity index (χ3n) is 2.51. The number of aliphatic hydroxyl groups is 2. The summed E-state index contributed by atoms with van der Waals surface area (Å²) >= 11 is 5.58. The molecule has 0 bridgehead atoms. The van der Waals surface area contributed by atoms with Crippen LogP contribution in [0.25, 0.3) is 0 Å². The van der Waals surface area contributed by atoms with E-state index in [1.54, 1.807) is 12.1 Å². The summed E-state index contributed by atoms with van der Waals surface area (Å²) in [6, 6.07) is 4.98. The fraction of sp³-hybridized carbons (Fsp3) is 0.417. The molecular weight excluding hydrogens is 244 g/mol. The van der Waals surface area contributed by atoms with Crippen LogP contribution in [-0.2, 0) is 17.8 Å². The van der Waals surface area contributed by atoms with Crippen molar-refractivity contribution in [3.63, 3.8) is 0 Å². The first-order valence-corrected chi connectivity index (χ1v) is 5.83. The number of hydrogen-bond donors (Lipinski definition) is 3. The second-order valence-corrected chi connectivity index (χ2v) is 4.10. The van der Waals surface area contributed by atoms with E-state index in [4.69, 9.17) is 21.8 Å². The molecule has 3 N–H and O–H groups in total. The molecule has 0 aromatic heterocycles. The first kappa shape index (κ1) is 14.0. The van der Waals surface area contributed by atoms with E-state index in [2.05, 4.69) is 0 Å². The van der Waals surface area contributed by atoms with Gasteiger partial charge in [0.1, 0.15) is 0 Å². The standard InChI is InChI=1S/C12H15ClO4/c13-5-1-2-8-3-4-10(9(6-8)7-14)11(15)12(16)17/h3-4,6,11,14-15H,1-2,5,7H2,(H,16,17). The smallest absolute Gasteiger partial charge is 0.337 e. The maximum absolute atomic E-state index is 10.7. The molecule has 1 aromatic carbocycles. The Morgan fingerprint density at radius 2 is 2.12 bits per heavy atom. The predicted octanol–water partition coefficient (Wildman–Crippen LogP) is 1.47. The molecule has 0 spiro atoms. The van der Waals surface area contributed by atoms with Crippen LogP contribution < -0.4 is 0 Å². The Morgan fingerprint density at radius 1 is 1.41 bits per heavy atom. The molecule has 1 aromatic rings. The van der Waals surface area contributed by atoms with E-state index in [-0.39, 0.29) is 12.2 Å². The number of carbonyl (C=O) groups is 1. The molecule has 0 radical (unpaired) electrons. The maximum Gasteiger partial charge on any atom is 0.337 e. The summed E-state index contributed by atoms with van der Waals surface area (Å²) in [6.45, 7) is -0.297. The normalized spacial score (nSPS) is 12.4. The van der Waals surface area contributed by atoms with Gasteiger partial charge in [0, 0.05) is 5.88 Å². The Balaban J connectivity index is 2.96. The van der Waals surface area contributed by atoms with Crippen molar-refractivity contribution in [3.8, 4) is 0 Å². The average Bonchev–Trinajstić information content (AvgIpc) is 2.34. The van der Waals surface area contributed by atoms with Crippen molar-refractivity contribution in [2.24, 2.45) is 0 Å². The van der Waals surface area contributed by atoms with Crippen LogP contribution in [0.15, 0.2) is 18.2 Å². The first-order chi connectivity index (χ1) is 8.10. The lowest BCUT2D eigenvalue weighted by atomic mass is 9.98. The Hall–Kier alpha value is -1.10. The third-order valence-corrected chi connectivity index (χ3v) is 2.77. The van der Waals surface area contributed by atoms with Crippen LogP contribution in [0.2, 0.25) is 0 Å². The maximum atomic E-state index is 10.7. The molecule has 0 aliphatic heterocycles. The van der Waals surface area contributed by atoms with Crippen LogP contribution in [0.5, 0.6) is 0 Å². The van der Waals surface area contributed by atoms with E-state index < -0.39 is 12.1 Å². The number of rotatable bonds is 6. The van der Waals surface area contributed by atoms with Crippen LogP contribution in [0.3, 0.4) is 0 Å². The minimum Gasteiger partial charge on any atom is -0.479 e. The Morgan fingerprint density at radius 3 is 2.65 bits per heavy atom. The molecule has 0 saturated heterocycles. The fourth-order valence-corrected chi connectivity index (χ4v) is 1.76. The van der Waals surface area contributed by atoms with Crippen molar-refractivity contribution < 1.29 is 20.1 Å². The van der Waals surface area contributed by atoms with Crippen LogP contribution >= 0.6 is 11.6 Å². The molecule has 0 saturated carbocycles. The largest absolute Gasteiger partial charge is 0.479 e. The minimum atomic E-state index is -1.60. The molecule has 0 amide bonds. The Labute approximate surface area is 104 Å². The summed E-state index contributed by atoms with van der Waals surface area (Å²) in [4.78, 5) is 10.7. The zero-order valence-electron chi connectivity index (χ0n) is 9.27. The minimum absolute atomic E-state index is 0.231. The fourth-order valence-electron chi connectivity index (χ4n) is 1.62. The highest BCUT2D eigenvalue weighted by Crippen LogP contribution is 2.21. The van der Waals surface area contributed by atoms with E-state index >= 15 is 0 Å². The van der Waals surface area contributed by atoms with Gasteiger partial charge in [-0.3, -0.25) is 0 Å². The van der Waals surface area contributed by atoms with Crippen molar-refractivity contribution in [2.45, 2.75) is 25.6 Å². The summed E-state index contributed by atoms with van der Waals surface area (Å²) in [5.41, 5.74) is 1.64. The topological polar surface area (TPSA) is 77.8 Å². The molecule has 1 unspecified atom stereocenters. The number of benzene rings is 1. The van der Waals surface area contributed by atoms with Gasteiger partial charge in [0.25, 0.3) is 0 Å². The van der Waals surface area contributed by atoms with Crippen LogP contribution in [0.1, 0.15) is 29.2 Å². The van der Waals surface area contributed by atoms with Gasteiger partial charge in [0.15, 0.2) is 6.10 Å². The molecule has 5 heteroatoms. The number of hydrogen-bond acceptors (Lipinski definition) is 3. The molecular formula is C12H15ClO4. The summed E-state index contributed by atoms with van der Waals surface area (Å²) in [5.74, 6) is -0.776. The number of alkyl halides is 1. The molecule has 1 atom stereocenters. The van der Waals surface area contributed by atoms with Gasteiger partial charge in [-0.2, -0.15) is 0 Å². The highest BCUT2D eigenvalue weighted by atomic mass is 35.5. The lowest BCUT2D eigenvalue weighted by Crippen LogP contribution is -2.13. The van der Waals surface area contributed by atoms with E-state index in [0.717, 1.165) is 18.4 Å². The van der Waals surface area contributed by atoms with E-state index in [1.807, 2.05) is 0 Å². The molecule has 94 valence electrons. The lowest BCUT2D eigenvalue weighted by Gasteiger charge is -2.12. The number of carboxylic acid groups (broad SMARTS) is 1. The quantitative estimate of drug-likeness (QED) is 0.675. The van der Waals surface area contributed by atoms with Crippen LogP contribution in [0.4, 0.5) is 0 Å². The zero-order chi connectivity index (χ0) is 12.8. The van der Waals surface area contributed by atoms with Crippen LogP contribution in [0, 0.1) is 0 Å². The SMILES string of the molecule is O=C(O)C(O)c1ccc(CCCCl)cc1CO. The first-order valence-electron chi connectivity index (χ1n) is 5.29. The monoisotopic (exact) mass is 258 g/mol. The number of carboxylic acids is 1. The molecule has 17 heavy (non-hydrogen) atoms. The Kier molecular flexibility index (Phi) is 5.41. The summed E-state index contributed by atoms with van der Waals surface area (Å²) in [5, 5.41) is 27.3. The van der Waals surface area contributed by atoms with Gasteiger partial charge in [-0.15, -0.1) is 11.6 Å². The Bertz CT molecular complexity index is 392. The van der Waals surface area contributed by atoms with Crippen molar-refractivity contribution in [1.29, 1.82) is 0 Å². The van der Waals surface area contributed by atoms with Gasteiger partial charge in [0.2, 0.25) is 0 Å². The predicted molar refractivity (Wildman–Crippen MR) is 64.0 cm³/mol. The van der Waals surface area contributed by atoms with E-state index in [0.29, 0.717) is 11.4 Å². The second-order valence-electron chi connectivity index (χ2n) is 3.72. The lowest BCUT2D eigenvalue weighted by molar-refractivity contribution is -0.147. The summed E-state index contributed by atoms with van der Waals surface area (Å²) < 4.78 is 0. The van der Waals surface area contributed by atoms with Crippen molar-refractivity contribution in [3.05, 3.63) is 34.9 Å².